The van der Waals surface area contributed by atoms with Crippen LogP contribution in [0.4, 0.5) is 11.4 Å². The molecule has 2 aromatic rings. The first kappa shape index (κ1) is 14.2. The minimum atomic E-state index is -0.421. The van der Waals surface area contributed by atoms with Gasteiger partial charge < -0.3 is 10.1 Å². The topological polar surface area (TPSA) is 77.3 Å². The Kier molecular flexibility index (Phi) is 4.47. The summed E-state index contributed by atoms with van der Waals surface area (Å²) in [7, 11) is 0. The van der Waals surface area contributed by atoms with Crippen molar-refractivity contribution < 1.29 is 9.66 Å². The molecule has 0 aliphatic rings. The Hall–Kier alpha value is -2.21. The van der Waals surface area contributed by atoms with Crippen LogP contribution < -0.4 is 5.32 Å². The number of pyridine rings is 1. The molecule has 0 fully saturated rings. The first-order valence-corrected chi connectivity index (χ1v) is 6.50. The zero-order chi connectivity index (χ0) is 14.5. The number of aromatic nitrogens is 1. The van der Waals surface area contributed by atoms with Gasteiger partial charge in [0.2, 0.25) is 0 Å². The van der Waals surface area contributed by atoms with Crippen LogP contribution >= 0.6 is 0 Å². The number of rotatable bonds is 6. The zero-order valence-corrected chi connectivity index (χ0v) is 11.5. The molecule has 0 amide bonds. The molecular formula is C14H17N3O3. The summed E-state index contributed by atoms with van der Waals surface area (Å²) < 4.78 is 5.33. The van der Waals surface area contributed by atoms with Gasteiger partial charge in [-0.3, -0.25) is 10.1 Å². The van der Waals surface area contributed by atoms with E-state index >= 15 is 0 Å². The second-order valence-corrected chi connectivity index (χ2v) is 4.50. The van der Waals surface area contributed by atoms with Crippen molar-refractivity contribution >= 4 is 22.3 Å². The highest BCUT2D eigenvalue weighted by molar-refractivity contribution is 5.95. The Morgan fingerprint density at radius 2 is 2.20 bits per heavy atom. The molecule has 6 nitrogen and oxygen atoms in total. The number of para-hydroxylation sites is 1. The number of hydrogen-bond acceptors (Lipinski definition) is 5. The maximum Gasteiger partial charge on any atom is 0.311 e. The molecule has 20 heavy (non-hydrogen) atoms. The van der Waals surface area contributed by atoms with E-state index < -0.39 is 4.92 Å². The highest BCUT2D eigenvalue weighted by Gasteiger charge is 2.19. The molecule has 0 aliphatic heterocycles. The van der Waals surface area contributed by atoms with Gasteiger partial charge in [0.25, 0.3) is 0 Å². The third kappa shape index (κ3) is 3.03. The van der Waals surface area contributed by atoms with Crippen molar-refractivity contribution in [2.24, 2.45) is 0 Å². The van der Waals surface area contributed by atoms with Crippen LogP contribution in [0.25, 0.3) is 10.9 Å². The summed E-state index contributed by atoms with van der Waals surface area (Å²) in [5, 5.41) is 15.1. The van der Waals surface area contributed by atoms with Crippen LogP contribution in [0.15, 0.2) is 30.5 Å². The van der Waals surface area contributed by atoms with Crippen molar-refractivity contribution in [2.45, 2.75) is 19.9 Å². The monoisotopic (exact) mass is 275 g/mol. The summed E-state index contributed by atoms with van der Waals surface area (Å²) in [4.78, 5) is 14.9. The standard InChI is InChI=1S/C14H17N3O3/c1-3-20-9-10(2)16-14-11-6-4-5-7-12(11)15-8-13(14)17(18)19/h4-8,10H,3,9H2,1-2H3,(H,15,16). The van der Waals surface area contributed by atoms with E-state index in [1.54, 1.807) is 0 Å². The van der Waals surface area contributed by atoms with Crippen LogP contribution in [0.5, 0.6) is 0 Å². The number of nitrogens with zero attached hydrogens (tertiary/aromatic N) is 2. The van der Waals surface area contributed by atoms with Crippen LogP contribution in [0.1, 0.15) is 13.8 Å². The predicted octanol–water partition coefficient (Wildman–Crippen LogP) is 2.98. The van der Waals surface area contributed by atoms with E-state index in [-0.39, 0.29) is 11.7 Å². The van der Waals surface area contributed by atoms with Crippen LogP contribution in [0, 0.1) is 10.1 Å². The molecule has 0 radical (unpaired) electrons. The van der Waals surface area contributed by atoms with Gasteiger partial charge in [0.05, 0.1) is 17.0 Å². The van der Waals surface area contributed by atoms with Gasteiger partial charge in [-0.25, -0.2) is 4.98 Å². The molecule has 0 aliphatic carbocycles. The molecule has 1 heterocycles. The summed E-state index contributed by atoms with van der Waals surface area (Å²) in [5.74, 6) is 0. The minimum Gasteiger partial charge on any atom is -0.380 e. The number of fused-ring (bicyclic) bond motifs is 1. The van der Waals surface area contributed by atoms with Crippen LogP contribution in [-0.4, -0.2) is 29.2 Å². The maximum absolute atomic E-state index is 11.2. The zero-order valence-electron chi connectivity index (χ0n) is 11.5. The van der Waals surface area contributed by atoms with Crippen molar-refractivity contribution in [3.05, 3.63) is 40.6 Å². The molecule has 0 bridgehead atoms. The fourth-order valence-electron chi connectivity index (χ4n) is 2.00. The number of ether oxygens (including phenoxy) is 1. The second-order valence-electron chi connectivity index (χ2n) is 4.50. The molecule has 2 rings (SSSR count). The van der Waals surface area contributed by atoms with Gasteiger partial charge in [-0.2, -0.15) is 0 Å². The molecule has 1 atom stereocenters. The van der Waals surface area contributed by atoms with E-state index in [9.17, 15) is 10.1 Å². The number of nitro groups is 1. The third-order valence-electron chi connectivity index (χ3n) is 2.91. The second kappa shape index (κ2) is 6.29. The van der Waals surface area contributed by atoms with E-state index in [0.29, 0.717) is 18.9 Å². The van der Waals surface area contributed by atoms with Crippen LogP contribution in [0.2, 0.25) is 0 Å². The molecule has 1 unspecified atom stereocenters. The first-order valence-electron chi connectivity index (χ1n) is 6.50. The number of hydrogen-bond donors (Lipinski definition) is 1. The minimum absolute atomic E-state index is 0.0213. The fraction of sp³-hybridized carbons (Fsp3) is 0.357. The van der Waals surface area contributed by atoms with E-state index in [1.807, 2.05) is 38.1 Å². The molecule has 6 heteroatoms. The summed E-state index contributed by atoms with van der Waals surface area (Å²) >= 11 is 0. The van der Waals surface area contributed by atoms with E-state index in [0.717, 1.165) is 10.9 Å². The first-order chi connectivity index (χ1) is 9.63. The van der Waals surface area contributed by atoms with E-state index in [2.05, 4.69) is 10.3 Å². The van der Waals surface area contributed by atoms with Gasteiger partial charge in [0.1, 0.15) is 11.9 Å². The molecule has 1 N–H and O–H groups in total. The van der Waals surface area contributed by atoms with Gasteiger partial charge in [-0.05, 0) is 19.9 Å². The van der Waals surface area contributed by atoms with Gasteiger partial charge in [-0.15, -0.1) is 0 Å². The lowest BCUT2D eigenvalue weighted by atomic mass is 10.1. The van der Waals surface area contributed by atoms with Crippen molar-refractivity contribution in [1.29, 1.82) is 0 Å². The lowest BCUT2D eigenvalue weighted by Gasteiger charge is -2.16. The Morgan fingerprint density at radius 3 is 2.90 bits per heavy atom. The Balaban J connectivity index is 2.41. The van der Waals surface area contributed by atoms with Crippen molar-refractivity contribution in [3.8, 4) is 0 Å². The Labute approximate surface area is 116 Å². The van der Waals surface area contributed by atoms with Gasteiger partial charge >= 0.3 is 5.69 Å². The third-order valence-corrected chi connectivity index (χ3v) is 2.91. The van der Waals surface area contributed by atoms with Crippen molar-refractivity contribution in [3.63, 3.8) is 0 Å². The molecule has 0 saturated carbocycles. The average molecular weight is 275 g/mol. The summed E-state index contributed by atoms with van der Waals surface area (Å²) in [5.41, 5.74) is 1.20. The number of nitrogens with one attached hydrogen (secondary N) is 1. The summed E-state index contributed by atoms with van der Waals surface area (Å²) in [6.45, 7) is 4.95. The van der Waals surface area contributed by atoms with Gasteiger partial charge in [0.15, 0.2) is 0 Å². The van der Waals surface area contributed by atoms with Gasteiger partial charge in [0, 0.05) is 18.0 Å². The lowest BCUT2D eigenvalue weighted by molar-refractivity contribution is -0.384. The van der Waals surface area contributed by atoms with Crippen LogP contribution in [-0.2, 0) is 4.74 Å². The summed E-state index contributed by atoms with van der Waals surface area (Å²) in [6, 6.07) is 7.32. The van der Waals surface area contributed by atoms with E-state index in [4.69, 9.17) is 4.74 Å². The predicted molar refractivity (Wildman–Crippen MR) is 78.0 cm³/mol. The quantitative estimate of drug-likeness (QED) is 0.647. The Bertz CT molecular complexity index is 616. The van der Waals surface area contributed by atoms with E-state index in [1.165, 1.54) is 6.20 Å². The molecule has 0 spiro atoms. The summed E-state index contributed by atoms with van der Waals surface area (Å²) in [6.07, 6.45) is 1.29. The van der Waals surface area contributed by atoms with Crippen molar-refractivity contribution in [1.82, 2.24) is 4.98 Å². The average Bonchev–Trinajstić information content (AvgIpc) is 2.45. The number of benzene rings is 1. The SMILES string of the molecule is CCOCC(C)Nc1c([N+](=O)[O-])cnc2ccccc12. The maximum atomic E-state index is 11.2. The van der Waals surface area contributed by atoms with Gasteiger partial charge in [-0.1, -0.05) is 18.2 Å². The number of anilines is 1. The lowest BCUT2D eigenvalue weighted by Crippen LogP contribution is -2.22. The highest BCUT2D eigenvalue weighted by atomic mass is 16.6. The van der Waals surface area contributed by atoms with Crippen LogP contribution in [0.3, 0.4) is 0 Å². The smallest absolute Gasteiger partial charge is 0.311 e. The molecule has 1 aromatic heterocycles. The molecular weight excluding hydrogens is 258 g/mol. The van der Waals surface area contributed by atoms with Crippen molar-refractivity contribution in [2.75, 3.05) is 18.5 Å². The highest BCUT2D eigenvalue weighted by Crippen LogP contribution is 2.31. The molecule has 106 valence electrons. The molecule has 1 aromatic carbocycles. The molecule has 0 saturated heterocycles. The normalized spacial score (nSPS) is 12.3. The Morgan fingerprint density at radius 1 is 1.45 bits per heavy atom. The largest absolute Gasteiger partial charge is 0.380 e. The fourth-order valence-corrected chi connectivity index (χ4v) is 2.00.